The van der Waals surface area contributed by atoms with E-state index in [0.717, 1.165) is 22.2 Å². The molecule has 0 aromatic carbocycles. The van der Waals surface area contributed by atoms with Gasteiger partial charge in [-0.2, -0.15) is 0 Å². The normalized spacial score (nSPS) is 14.9. The average molecular weight is 463 g/mol. The number of nitrogens with one attached hydrogen (secondary N) is 2. The second-order valence-electron chi connectivity index (χ2n) is 5.80. The van der Waals surface area contributed by atoms with Gasteiger partial charge in [-0.05, 0) is 29.5 Å². The van der Waals surface area contributed by atoms with Crippen molar-refractivity contribution in [3.05, 3.63) is 47.6 Å². The lowest BCUT2D eigenvalue weighted by atomic mass is 10.2. The van der Waals surface area contributed by atoms with Crippen molar-refractivity contribution < 1.29 is 14.4 Å². The lowest BCUT2D eigenvalue weighted by Gasteiger charge is -2.12. The van der Waals surface area contributed by atoms with Crippen molar-refractivity contribution in [2.24, 2.45) is 0 Å². The summed E-state index contributed by atoms with van der Waals surface area (Å²) in [5.41, 5.74) is 0.743. The van der Waals surface area contributed by atoms with E-state index in [1.165, 1.54) is 23.1 Å². The highest BCUT2D eigenvalue weighted by atomic mass is 32.2. The molecule has 3 heterocycles. The number of thioether (sulfide) groups is 2. The third-order valence-corrected chi connectivity index (χ3v) is 6.57. The Morgan fingerprint density at radius 2 is 2.20 bits per heavy atom. The molecule has 1 aliphatic rings. The first kappa shape index (κ1) is 22.0. The molecular weight excluding hydrogens is 444 g/mol. The van der Waals surface area contributed by atoms with Crippen LogP contribution in [0.2, 0.25) is 0 Å². The molecule has 156 valence electrons. The Morgan fingerprint density at radius 1 is 1.33 bits per heavy atom. The van der Waals surface area contributed by atoms with Gasteiger partial charge < -0.3 is 10.6 Å². The van der Waals surface area contributed by atoms with E-state index in [1.54, 1.807) is 36.7 Å². The van der Waals surface area contributed by atoms with Crippen LogP contribution in [0.3, 0.4) is 0 Å². The number of rotatable bonds is 10. The molecule has 3 amide bonds. The number of carbonyl (C=O) groups excluding carboxylic acids is 3. The van der Waals surface area contributed by atoms with Crippen LogP contribution in [0.15, 0.2) is 46.4 Å². The van der Waals surface area contributed by atoms with Gasteiger partial charge in [-0.25, -0.2) is 0 Å². The van der Waals surface area contributed by atoms with Crippen LogP contribution in [-0.2, 0) is 9.59 Å². The van der Waals surface area contributed by atoms with E-state index in [1.807, 2.05) is 0 Å². The largest absolute Gasteiger partial charge is 0.357 e. The minimum atomic E-state index is -0.370. The van der Waals surface area contributed by atoms with Gasteiger partial charge in [-0.15, -0.1) is 16.8 Å². The number of amides is 3. The van der Waals surface area contributed by atoms with E-state index in [2.05, 4.69) is 32.4 Å². The van der Waals surface area contributed by atoms with Crippen LogP contribution in [0.4, 0.5) is 9.93 Å². The van der Waals surface area contributed by atoms with Crippen molar-refractivity contribution in [3.8, 4) is 0 Å². The van der Waals surface area contributed by atoms with E-state index >= 15 is 0 Å². The molecule has 0 saturated carbocycles. The van der Waals surface area contributed by atoms with Gasteiger partial charge in [-0.3, -0.25) is 24.3 Å². The summed E-state index contributed by atoms with van der Waals surface area (Å²) >= 11 is 3.50. The number of imide groups is 1. The lowest BCUT2D eigenvalue weighted by molar-refractivity contribution is -0.123. The Balaban J connectivity index is 1.42. The smallest absolute Gasteiger partial charge is 0.293 e. The van der Waals surface area contributed by atoms with Gasteiger partial charge in [0.1, 0.15) is 0 Å². The zero-order valence-corrected chi connectivity index (χ0v) is 18.2. The Labute approximate surface area is 185 Å². The number of carbonyl (C=O) groups is 3. The van der Waals surface area contributed by atoms with E-state index in [-0.39, 0.29) is 35.9 Å². The molecule has 0 aliphatic carbocycles. The second kappa shape index (κ2) is 10.9. The Kier molecular flexibility index (Phi) is 7.99. The highest BCUT2D eigenvalue weighted by Crippen LogP contribution is 2.31. The van der Waals surface area contributed by atoms with E-state index in [0.29, 0.717) is 20.9 Å². The molecule has 0 unspecified atom stereocenters. The first-order valence-electron chi connectivity index (χ1n) is 8.80. The molecule has 0 spiro atoms. The van der Waals surface area contributed by atoms with Gasteiger partial charge in [0, 0.05) is 32.0 Å². The monoisotopic (exact) mass is 462 g/mol. The number of hydrogen-bond donors (Lipinski definition) is 2. The predicted octanol–water partition coefficient (Wildman–Crippen LogP) is 2.48. The first-order chi connectivity index (χ1) is 14.6. The van der Waals surface area contributed by atoms with Gasteiger partial charge in [0.15, 0.2) is 4.34 Å². The van der Waals surface area contributed by atoms with Crippen molar-refractivity contribution in [1.29, 1.82) is 0 Å². The summed E-state index contributed by atoms with van der Waals surface area (Å²) in [5, 5.41) is 14.0. The zero-order valence-electron chi connectivity index (χ0n) is 15.7. The highest BCUT2D eigenvalue weighted by molar-refractivity contribution is 8.18. The van der Waals surface area contributed by atoms with E-state index in [9.17, 15) is 14.4 Å². The average Bonchev–Trinajstić information content (AvgIpc) is 3.31. The van der Waals surface area contributed by atoms with Crippen LogP contribution < -0.4 is 10.6 Å². The summed E-state index contributed by atoms with van der Waals surface area (Å²) in [6.07, 6.45) is 6.59. The van der Waals surface area contributed by atoms with Crippen LogP contribution in [0.5, 0.6) is 0 Å². The van der Waals surface area contributed by atoms with Gasteiger partial charge in [0.2, 0.25) is 11.0 Å². The number of hydrogen-bond acceptors (Lipinski definition) is 10. The highest BCUT2D eigenvalue weighted by Gasteiger charge is 2.34. The van der Waals surface area contributed by atoms with Crippen LogP contribution >= 0.6 is 34.9 Å². The third kappa shape index (κ3) is 6.15. The van der Waals surface area contributed by atoms with Crippen molar-refractivity contribution in [3.63, 3.8) is 0 Å². The van der Waals surface area contributed by atoms with Crippen LogP contribution in [-0.4, -0.2) is 62.5 Å². The molecule has 1 aliphatic heterocycles. The maximum absolute atomic E-state index is 12.4. The maximum Gasteiger partial charge on any atom is 0.293 e. The van der Waals surface area contributed by atoms with E-state index in [4.69, 9.17) is 0 Å². The van der Waals surface area contributed by atoms with E-state index < -0.39 is 0 Å². The van der Waals surface area contributed by atoms with Gasteiger partial charge in [0.05, 0.1) is 10.7 Å². The molecule has 2 aromatic heterocycles. The molecule has 3 rings (SSSR count). The Hall–Kier alpha value is -2.70. The van der Waals surface area contributed by atoms with Crippen LogP contribution in [0, 0.1) is 0 Å². The molecule has 2 N–H and O–H groups in total. The van der Waals surface area contributed by atoms with Gasteiger partial charge >= 0.3 is 0 Å². The number of anilines is 1. The number of pyridine rings is 1. The molecule has 0 bridgehead atoms. The fraction of sp³-hybridized carbons (Fsp3) is 0.222. The first-order valence-corrected chi connectivity index (χ1v) is 11.4. The summed E-state index contributed by atoms with van der Waals surface area (Å²) in [7, 11) is 0. The third-order valence-electron chi connectivity index (χ3n) is 3.64. The molecule has 9 nitrogen and oxygen atoms in total. The molecule has 1 saturated heterocycles. The summed E-state index contributed by atoms with van der Waals surface area (Å²) in [6.45, 7) is 4.49. The fourth-order valence-corrected chi connectivity index (χ4v) is 4.74. The minimum absolute atomic E-state index is 0.111. The van der Waals surface area contributed by atoms with Crippen LogP contribution in [0.25, 0.3) is 6.08 Å². The molecule has 0 radical (unpaired) electrons. The van der Waals surface area contributed by atoms with Crippen molar-refractivity contribution in [2.45, 2.75) is 4.34 Å². The quantitative estimate of drug-likeness (QED) is 0.312. The molecule has 0 atom stereocenters. The molecular formula is C18H18N6O3S3. The standard InChI is InChI=1S/C18H18N6O3S3/c1-2-5-21-16-22-23-17(30-16)28-11-14(25)20-7-8-24-15(26)13(29-18(24)27)9-12-4-3-6-19-10-12/h2-4,6,9-10H,1,5,7-8,11H2,(H,20,25)(H,21,22)/b13-9-. The lowest BCUT2D eigenvalue weighted by Crippen LogP contribution is -2.37. The number of aromatic nitrogens is 3. The minimum Gasteiger partial charge on any atom is -0.357 e. The summed E-state index contributed by atoms with van der Waals surface area (Å²) in [6, 6.07) is 3.55. The second-order valence-corrected chi connectivity index (χ2v) is 8.99. The topological polar surface area (TPSA) is 117 Å². The van der Waals surface area contributed by atoms with Crippen molar-refractivity contribution in [1.82, 2.24) is 25.4 Å². The molecule has 1 fully saturated rings. The summed E-state index contributed by atoms with van der Waals surface area (Å²) in [5.74, 6) is -0.418. The zero-order chi connectivity index (χ0) is 21.3. The van der Waals surface area contributed by atoms with Gasteiger partial charge in [-0.1, -0.05) is 35.2 Å². The molecule has 30 heavy (non-hydrogen) atoms. The van der Waals surface area contributed by atoms with Crippen molar-refractivity contribution in [2.75, 3.05) is 30.7 Å². The summed E-state index contributed by atoms with van der Waals surface area (Å²) < 4.78 is 0.670. The molecule has 12 heteroatoms. The van der Waals surface area contributed by atoms with Gasteiger partial charge in [0.25, 0.3) is 11.1 Å². The van der Waals surface area contributed by atoms with Crippen LogP contribution in [0.1, 0.15) is 5.56 Å². The van der Waals surface area contributed by atoms with Crippen molar-refractivity contribution >= 4 is 63.1 Å². The Morgan fingerprint density at radius 3 is 2.97 bits per heavy atom. The summed E-state index contributed by atoms with van der Waals surface area (Å²) in [4.78, 5) is 42.0. The fourth-order valence-electron chi connectivity index (χ4n) is 2.29. The molecule has 2 aromatic rings. The number of nitrogens with zero attached hydrogens (tertiary/aromatic N) is 4. The Bertz CT molecular complexity index is 963. The maximum atomic E-state index is 12.4. The SMILES string of the molecule is C=CCNc1nnc(SCC(=O)NCCN2C(=O)S/C(=C\c3cccnc3)C2=O)s1. The predicted molar refractivity (Wildman–Crippen MR) is 119 cm³/mol.